The van der Waals surface area contributed by atoms with Gasteiger partial charge in [-0.05, 0) is 47.4 Å². The fourth-order valence-electron chi connectivity index (χ4n) is 3.48. The maximum atomic E-state index is 12.0. The number of hydrogen-bond acceptors (Lipinski definition) is 4. The van der Waals surface area contributed by atoms with Gasteiger partial charge in [0.1, 0.15) is 0 Å². The number of carbonyl (C=O) groups is 1. The van der Waals surface area contributed by atoms with Crippen molar-refractivity contribution in [3.05, 3.63) is 89.7 Å². The number of aromatic nitrogens is 1. The van der Waals surface area contributed by atoms with Crippen molar-refractivity contribution >= 4 is 17.5 Å². The van der Waals surface area contributed by atoms with Crippen molar-refractivity contribution in [2.75, 3.05) is 23.4 Å². The van der Waals surface area contributed by atoms with Crippen molar-refractivity contribution in [3.63, 3.8) is 0 Å². The molecule has 0 aliphatic carbocycles. The Kier molecular flexibility index (Phi) is 5.52. The molecule has 0 fully saturated rings. The zero-order chi connectivity index (χ0) is 19.2. The highest BCUT2D eigenvalue weighted by molar-refractivity contribution is 5.85. The molecule has 5 heteroatoms. The number of anilines is 2. The number of rotatable bonds is 6. The van der Waals surface area contributed by atoms with Gasteiger partial charge in [-0.15, -0.1) is 0 Å². The van der Waals surface area contributed by atoms with Gasteiger partial charge in [0.15, 0.2) is 0 Å². The predicted octanol–water partition coefficient (Wildman–Crippen LogP) is 4.44. The Bertz CT molecular complexity index is 929. The van der Waals surface area contributed by atoms with Crippen LogP contribution >= 0.6 is 0 Å². The normalized spacial score (nSPS) is 12.5. The Morgan fingerprint density at radius 1 is 1.07 bits per heavy atom. The fraction of sp³-hybridized carbons (Fsp3) is 0.217. The van der Waals surface area contributed by atoms with Crippen LogP contribution in [-0.2, 0) is 24.1 Å². The van der Waals surface area contributed by atoms with Gasteiger partial charge < -0.3 is 9.64 Å². The van der Waals surface area contributed by atoms with Crippen LogP contribution in [0.2, 0.25) is 0 Å². The zero-order valence-corrected chi connectivity index (χ0v) is 15.7. The Hall–Kier alpha value is -3.34. The highest BCUT2D eigenvalue weighted by Gasteiger charge is 2.19. The monoisotopic (exact) mass is 373 g/mol. The van der Waals surface area contributed by atoms with E-state index in [1.165, 1.54) is 16.8 Å². The summed E-state index contributed by atoms with van der Waals surface area (Å²) in [6.45, 7) is 2.22. The molecule has 28 heavy (non-hydrogen) atoms. The maximum Gasteiger partial charge on any atom is 0.411 e. The third kappa shape index (κ3) is 4.49. The summed E-state index contributed by atoms with van der Waals surface area (Å²) in [7, 11) is 0. The lowest BCUT2D eigenvalue weighted by Gasteiger charge is -2.19. The van der Waals surface area contributed by atoms with E-state index in [2.05, 4.69) is 45.5 Å². The lowest BCUT2D eigenvalue weighted by atomic mass is 10.1. The summed E-state index contributed by atoms with van der Waals surface area (Å²) in [6.07, 6.45) is 4.71. The summed E-state index contributed by atoms with van der Waals surface area (Å²) < 4.78 is 5.28. The van der Waals surface area contributed by atoms with Gasteiger partial charge in [-0.25, -0.2) is 4.79 Å². The zero-order valence-electron chi connectivity index (χ0n) is 15.7. The second kappa shape index (κ2) is 8.57. The topological polar surface area (TPSA) is 54.5 Å². The molecule has 0 unspecified atom stereocenters. The second-order valence-corrected chi connectivity index (χ2v) is 6.87. The molecule has 0 bridgehead atoms. The number of ether oxygens (including phenoxy) is 1. The first-order valence-corrected chi connectivity index (χ1v) is 9.52. The van der Waals surface area contributed by atoms with E-state index in [1.54, 1.807) is 12.4 Å². The third-order valence-electron chi connectivity index (χ3n) is 4.88. The summed E-state index contributed by atoms with van der Waals surface area (Å²) in [5.41, 5.74) is 5.61. The number of pyridine rings is 1. The molecule has 0 radical (unpaired) electrons. The van der Waals surface area contributed by atoms with E-state index < -0.39 is 6.09 Å². The van der Waals surface area contributed by atoms with Crippen molar-refractivity contribution in [3.8, 4) is 0 Å². The molecule has 0 atom stereocenters. The maximum absolute atomic E-state index is 12.0. The van der Waals surface area contributed by atoms with Gasteiger partial charge >= 0.3 is 6.09 Å². The molecule has 1 aliphatic heterocycles. The minimum Gasteiger partial charge on any atom is -0.449 e. The molecule has 4 rings (SSSR count). The van der Waals surface area contributed by atoms with E-state index in [1.807, 2.05) is 30.3 Å². The molecule has 2 heterocycles. The predicted molar refractivity (Wildman–Crippen MR) is 111 cm³/mol. The van der Waals surface area contributed by atoms with E-state index in [0.717, 1.165) is 30.8 Å². The van der Waals surface area contributed by atoms with Crippen molar-refractivity contribution in [1.29, 1.82) is 0 Å². The number of carbonyl (C=O) groups excluding carboxylic acids is 1. The summed E-state index contributed by atoms with van der Waals surface area (Å²) in [4.78, 5) is 18.5. The Morgan fingerprint density at radius 2 is 1.93 bits per heavy atom. The summed E-state index contributed by atoms with van der Waals surface area (Å²) >= 11 is 0. The van der Waals surface area contributed by atoms with E-state index >= 15 is 0 Å². The number of hydrogen-bond donors (Lipinski definition) is 1. The van der Waals surface area contributed by atoms with Crippen LogP contribution < -0.4 is 10.2 Å². The molecule has 1 aromatic heterocycles. The molecule has 0 saturated heterocycles. The molecular formula is C23H23N3O2. The van der Waals surface area contributed by atoms with Crippen molar-refractivity contribution in [2.24, 2.45) is 0 Å². The summed E-state index contributed by atoms with van der Waals surface area (Å²) in [5.74, 6) is 0. The first-order chi connectivity index (χ1) is 13.8. The smallest absolute Gasteiger partial charge is 0.411 e. The van der Waals surface area contributed by atoms with E-state index in [0.29, 0.717) is 13.0 Å². The van der Waals surface area contributed by atoms with Gasteiger partial charge in [0.2, 0.25) is 0 Å². The van der Waals surface area contributed by atoms with Gasteiger partial charge in [0.25, 0.3) is 0 Å². The Morgan fingerprint density at radius 3 is 2.75 bits per heavy atom. The average Bonchev–Trinajstić information content (AvgIpc) is 3.11. The Balaban J connectivity index is 1.31. The van der Waals surface area contributed by atoms with Crippen molar-refractivity contribution in [1.82, 2.24) is 4.98 Å². The average molecular weight is 373 g/mol. The van der Waals surface area contributed by atoms with Crippen LogP contribution in [0.5, 0.6) is 0 Å². The van der Waals surface area contributed by atoms with Crippen molar-refractivity contribution in [2.45, 2.75) is 19.4 Å². The highest BCUT2D eigenvalue weighted by atomic mass is 16.5. The number of benzene rings is 2. The van der Waals surface area contributed by atoms with Gasteiger partial charge in [-0.2, -0.15) is 0 Å². The lowest BCUT2D eigenvalue weighted by Crippen LogP contribution is -2.19. The van der Waals surface area contributed by atoms with Gasteiger partial charge in [0.05, 0.1) is 6.61 Å². The number of fused-ring (bicyclic) bond motifs is 1. The van der Waals surface area contributed by atoms with Crippen LogP contribution in [-0.4, -0.2) is 24.2 Å². The van der Waals surface area contributed by atoms with Crippen LogP contribution in [0.4, 0.5) is 16.2 Å². The molecule has 0 spiro atoms. The largest absolute Gasteiger partial charge is 0.449 e. The summed E-state index contributed by atoms with van der Waals surface area (Å²) in [5, 5.41) is 2.83. The van der Waals surface area contributed by atoms with E-state index in [-0.39, 0.29) is 0 Å². The number of nitrogens with zero attached hydrogens (tertiary/aromatic N) is 2. The molecule has 3 aromatic rings. The quantitative estimate of drug-likeness (QED) is 0.694. The third-order valence-corrected chi connectivity index (χ3v) is 4.88. The molecule has 2 aromatic carbocycles. The molecule has 142 valence electrons. The van der Waals surface area contributed by atoms with E-state index in [9.17, 15) is 4.79 Å². The summed E-state index contributed by atoms with van der Waals surface area (Å²) in [6, 6.07) is 20.4. The molecule has 5 nitrogen and oxygen atoms in total. The minimum atomic E-state index is -0.428. The number of amides is 1. The van der Waals surface area contributed by atoms with Crippen LogP contribution in [0, 0.1) is 0 Å². The SMILES string of the molecule is O=C(Nc1ccc2c(c1)CCN2Cc1ccccc1)OCCc1cccnc1. The Labute approximate surface area is 165 Å². The lowest BCUT2D eigenvalue weighted by molar-refractivity contribution is 0.163. The first-order valence-electron chi connectivity index (χ1n) is 9.52. The fourth-order valence-corrected chi connectivity index (χ4v) is 3.48. The minimum absolute atomic E-state index is 0.327. The first kappa shape index (κ1) is 18.0. The van der Waals surface area contributed by atoms with Crippen molar-refractivity contribution < 1.29 is 9.53 Å². The van der Waals surface area contributed by atoms with Crippen LogP contribution in [0.15, 0.2) is 73.1 Å². The number of nitrogens with one attached hydrogen (secondary N) is 1. The van der Waals surface area contributed by atoms with Gasteiger partial charge in [-0.3, -0.25) is 10.3 Å². The highest BCUT2D eigenvalue weighted by Crippen LogP contribution is 2.31. The van der Waals surface area contributed by atoms with Crippen LogP contribution in [0.3, 0.4) is 0 Å². The molecule has 0 saturated carbocycles. The van der Waals surface area contributed by atoms with Gasteiger partial charge in [0, 0.05) is 43.3 Å². The van der Waals surface area contributed by atoms with E-state index in [4.69, 9.17) is 4.74 Å². The second-order valence-electron chi connectivity index (χ2n) is 6.87. The molecule has 1 amide bonds. The molecule has 1 N–H and O–H groups in total. The molecular weight excluding hydrogens is 350 g/mol. The van der Waals surface area contributed by atoms with Crippen LogP contribution in [0.1, 0.15) is 16.7 Å². The molecule has 1 aliphatic rings. The van der Waals surface area contributed by atoms with Crippen LogP contribution in [0.25, 0.3) is 0 Å². The van der Waals surface area contributed by atoms with Gasteiger partial charge in [-0.1, -0.05) is 36.4 Å². The standard InChI is InChI=1S/C23H23N3O2/c27-23(28-14-11-18-7-4-12-24-16-18)25-21-8-9-22-20(15-21)10-13-26(22)17-19-5-2-1-3-6-19/h1-9,12,15-16H,10-11,13-14,17H2,(H,25,27).